The molecule has 0 saturated carbocycles. The van der Waals surface area contributed by atoms with Gasteiger partial charge in [0.05, 0.1) is 33.5 Å². The van der Waals surface area contributed by atoms with E-state index in [2.05, 4.69) is 36.4 Å². The second-order valence-corrected chi connectivity index (χ2v) is 16.9. The van der Waals surface area contributed by atoms with Crippen molar-refractivity contribution in [3.05, 3.63) is 40.9 Å². The van der Waals surface area contributed by atoms with Crippen molar-refractivity contribution in [1.82, 2.24) is 15.6 Å². The lowest BCUT2D eigenvalue weighted by molar-refractivity contribution is -0.151. The number of carbonyl (C=O) groups is 4. The molecule has 238 valence electrons. The maximum atomic E-state index is 13.4. The van der Waals surface area contributed by atoms with E-state index >= 15 is 0 Å². The van der Waals surface area contributed by atoms with Crippen LogP contribution in [0.2, 0.25) is 18.1 Å². The predicted octanol–water partition coefficient (Wildman–Crippen LogP) is 3.31. The lowest BCUT2D eigenvalue weighted by atomic mass is 10.1. The van der Waals surface area contributed by atoms with Crippen LogP contribution in [0.5, 0.6) is 0 Å². The summed E-state index contributed by atoms with van der Waals surface area (Å²) in [5, 5.41) is 7.28. The molecule has 0 bridgehead atoms. The average Bonchev–Trinajstić information content (AvgIpc) is 3.45. The van der Waals surface area contributed by atoms with Crippen LogP contribution in [0, 0.1) is 0 Å². The molecule has 1 aromatic heterocycles. The van der Waals surface area contributed by atoms with Crippen molar-refractivity contribution in [2.45, 2.75) is 64.5 Å². The number of amides is 2. The molecule has 2 N–H and O–H groups in total. The highest BCUT2D eigenvalue weighted by Crippen LogP contribution is 2.36. The number of carbonyl (C=O) groups excluding carboxylic acids is 4. The molecule has 43 heavy (non-hydrogen) atoms. The molecule has 2 atom stereocenters. The second-order valence-electron chi connectivity index (χ2n) is 11.3. The van der Waals surface area contributed by atoms with Gasteiger partial charge in [-0.05, 0) is 29.8 Å². The third-order valence-electron chi connectivity index (χ3n) is 6.91. The van der Waals surface area contributed by atoms with Gasteiger partial charge >= 0.3 is 11.9 Å². The molecule has 0 spiro atoms. The van der Waals surface area contributed by atoms with E-state index in [0.717, 1.165) is 18.2 Å². The maximum absolute atomic E-state index is 13.4. The van der Waals surface area contributed by atoms with Gasteiger partial charge in [0.2, 0.25) is 5.91 Å². The van der Waals surface area contributed by atoms with Crippen molar-refractivity contribution in [1.29, 1.82) is 0 Å². The van der Waals surface area contributed by atoms with Crippen molar-refractivity contribution >= 4 is 43.4 Å². The Kier molecular flexibility index (Phi) is 13.9. The second kappa shape index (κ2) is 16.6. The van der Waals surface area contributed by atoms with Crippen LogP contribution < -0.4 is 10.6 Å². The van der Waals surface area contributed by atoms with Crippen molar-refractivity contribution in [2.75, 3.05) is 40.6 Å². The first-order valence-electron chi connectivity index (χ1n) is 13.8. The molecule has 2 rings (SSSR count). The van der Waals surface area contributed by atoms with Crippen LogP contribution in [-0.2, 0) is 44.4 Å². The molecule has 2 aromatic rings. The summed E-state index contributed by atoms with van der Waals surface area (Å²) in [6.07, 6.45) is 0. The molecule has 0 unspecified atom stereocenters. The minimum Gasteiger partial charge on any atom is -0.467 e. The van der Waals surface area contributed by atoms with Crippen LogP contribution in [-0.4, -0.2) is 89.8 Å². The molecule has 1 aromatic carbocycles. The van der Waals surface area contributed by atoms with Gasteiger partial charge in [-0.25, -0.2) is 9.78 Å². The smallest absolute Gasteiger partial charge is 0.331 e. The third-order valence-corrected chi connectivity index (χ3v) is 12.3. The van der Waals surface area contributed by atoms with Gasteiger partial charge in [0.1, 0.15) is 23.4 Å². The van der Waals surface area contributed by atoms with Crippen molar-refractivity contribution in [3.63, 3.8) is 0 Å². The Labute approximate surface area is 257 Å². The van der Waals surface area contributed by atoms with Crippen LogP contribution in [0.25, 0.3) is 10.6 Å². The SMILES string of the molecule is COCCOCc1cccc(-c2nc(C(=O)N[C@@H](CO[Si](C)(C)C(C)(C)C)C(=O)N[C@@H](COC(C)=O)C(=O)OC)cs2)c1. The summed E-state index contributed by atoms with van der Waals surface area (Å²) >= 11 is 1.29. The number of esters is 2. The molecule has 12 nitrogen and oxygen atoms in total. The Morgan fingerprint density at radius 3 is 2.37 bits per heavy atom. The zero-order valence-corrected chi connectivity index (χ0v) is 27.9. The molecular weight excluding hydrogens is 594 g/mol. The van der Waals surface area contributed by atoms with Crippen LogP contribution in [0.3, 0.4) is 0 Å². The molecule has 0 aliphatic rings. The minimum absolute atomic E-state index is 0.122. The topological polar surface area (TPSA) is 151 Å². The van der Waals surface area contributed by atoms with E-state index in [9.17, 15) is 19.2 Å². The summed E-state index contributed by atoms with van der Waals surface area (Å²) < 4.78 is 26.5. The largest absolute Gasteiger partial charge is 0.467 e. The Hall–Kier alpha value is -3.17. The number of aromatic nitrogens is 1. The number of ether oxygens (including phenoxy) is 4. The zero-order chi connectivity index (χ0) is 32.2. The monoisotopic (exact) mass is 637 g/mol. The number of benzene rings is 1. The van der Waals surface area contributed by atoms with E-state index in [1.807, 2.05) is 37.4 Å². The quantitative estimate of drug-likeness (QED) is 0.159. The molecule has 2 amide bonds. The summed E-state index contributed by atoms with van der Waals surface area (Å²) in [5.41, 5.74) is 1.89. The van der Waals surface area contributed by atoms with E-state index in [0.29, 0.717) is 24.8 Å². The van der Waals surface area contributed by atoms with Crippen molar-refractivity contribution in [2.24, 2.45) is 0 Å². The van der Waals surface area contributed by atoms with Gasteiger partial charge in [0.25, 0.3) is 5.91 Å². The summed E-state index contributed by atoms with van der Waals surface area (Å²) in [4.78, 5) is 54.7. The standard InChI is InChI=1S/C29H43N3O9SSi/c1-19(33)40-16-23(28(36)38-6)31-25(34)22(17-41-43(7,8)29(2,3)4)30-26(35)24-18-42-27(32-24)21-11-9-10-20(14-21)15-39-13-12-37-5/h9-11,14,18,22-23H,12-13,15-17H2,1-8H3,(H,30,35)(H,31,34)/t22-,23-/m0/s1. The fourth-order valence-electron chi connectivity index (χ4n) is 3.34. The Bertz CT molecular complexity index is 1250. The number of nitrogens with one attached hydrogen (secondary N) is 2. The number of hydrogen-bond acceptors (Lipinski definition) is 11. The number of thiazole rings is 1. The number of hydrogen-bond donors (Lipinski definition) is 2. The van der Waals surface area contributed by atoms with Crippen LogP contribution >= 0.6 is 11.3 Å². The van der Waals surface area contributed by atoms with Crippen LogP contribution in [0.1, 0.15) is 43.7 Å². The van der Waals surface area contributed by atoms with Crippen LogP contribution in [0.15, 0.2) is 29.6 Å². The summed E-state index contributed by atoms with van der Waals surface area (Å²) in [5.74, 6) is -2.72. The van der Waals surface area contributed by atoms with Gasteiger partial charge < -0.3 is 34.0 Å². The molecule has 1 heterocycles. The molecule has 0 saturated heterocycles. The highest BCUT2D eigenvalue weighted by atomic mass is 32.1. The molecule has 0 aliphatic carbocycles. The number of nitrogens with zero attached hydrogens (tertiary/aromatic N) is 1. The van der Waals surface area contributed by atoms with Gasteiger partial charge in [0.15, 0.2) is 14.4 Å². The van der Waals surface area contributed by atoms with E-state index < -0.39 is 50.8 Å². The van der Waals surface area contributed by atoms with Gasteiger partial charge in [-0.15, -0.1) is 11.3 Å². The summed E-state index contributed by atoms with van der Waals surface area (Å²) in [7, 11) is 0.438. The molecule has 14 heteroatoms. The van der Waals surface area contributed by atoms with Gasteiger partial charge in [-0.3, -0.25) is 14.4 Å². The first-order valence-corrected chi connectivity index (χ1v) is 17.5. The number of rotatable bonds is 16. The Balaban J connectivity index is 2.23. The average molecular weight is 638 g/mol. The third kappa shape index (κ3) is 11.4. The van der Waals surface area contributed by atoms with Crippen molar-refractivity contribution < 1.29 is 42.6 Å². The zero-order valence-electron chi connectivity index (χ0n) is 26.1. The normalized spacial score (nSPS) is 13.1. The fraction of sp³-hybridized carbons (Fsp3) is 0.552. The van der Waals surface area contributed by atoms with E-state index in [1.54, 1.807) is 12.5 Å². The first kappa shape index (κ1) is 36.0. The van der Waals surface area contributed by atoms with Gasteiger partial charge in [-0.1, -0.05) is 39.0 Å². The minimum atomic E-state index is -2.33. The summed E-state index contributed by atoms with van der Waals surface area (Å²) in [6.45, 7) is 12.2. The molecule has 0 radical (unpaired) electrons. The lowest BCUT2D eigenvalue weighted by Gasteiger charge is -2.37. The predicted molar refractivity (Wildman–Crippen MR) is 164 cm³/mol. The van der Waals surface area contributed by atoms with Gasteiger partial charge in [-0.2, -0.15) is 0 Å². The molecule has 0 fully saturated rings. The van der Waals surface area contributed by atoms with E-state index in [1.165, 1.54) is 18.3 Å². The fourth-order valence-corrected chi connectivity index (χ4v) is 5.16. The highest BCUT2D eigenvalue weighted by Gasteiger charge is 2.39. The van der Waals surface area contributed by atoms with E-state index in [-0.39, 0.29) is 17.3 Å². The Morgan fingerprint density at radius 1 is 1.02 bits per heavy atom. The lowest BCUT2D eigenvalue weighted by Crippen LogP contribution is -2.56. The Morgan fingerprint density at radius 2 is 1.74 bits per heavy atom. The number of methoxy groups -OCH3 is 2. The van der Waals surface area contributed by atoms with Crippen molar-refractivity contribution in [3.8, 4) is 10.6 Å². The van der Waals surface area contributed by atoms with E-state index in [4.69, 9.17) is 23.4 Å². The molecule has 0 aliphatic heterocycles. The maximum Gasteiger partial charge on any atom is 0.331 e. The first-order chi connectivity index (χ1) is 20.2. The van der Waals surface area contributed by atoms with Gasteiger partial charge in [0, 0.05) is 25.0 Å². The van der Waals surface area contributed by atoms with Crippen LogP contribution in [0.4, 0.5) is 0 Å². The highest BCUT2D eigenvalue weighted by molar-refractivity contribution is 7.13. The molecular formula is C29H43N3O9SSi. The summed E-state index contributed by atoms with van der Waals surface area (Å²) in [6, 6.07) is 5.20.